The predicted octanol–water partition coefficient (Wildman–Crippen LogP) is 2.37. The Kier molecular flexibility index (Phi) is 2.40. The lowest BCUT2D eigenvalue weighted by molar-refractivity contribution is 0.619. The Labute approximate surface area is 103 Å². The molecule has 0 unspecified atom stereocenters. The number of benzene rings is 1. The smallest absolute Gasteiger partial charge is 0.301 e. The van der Waals surface area contributed by atoms with Crippen molar-refractivity contribution >= 4 is 28.6 Å². The third-order valence-electron chi connectivity index (χ3n) is 2.61. The zero-order chi connectivity index (χ0) is 12.5. The Morgan fingerprint density at radius 2 is 2.28 bits per heavy atom. The molecule has 0 aliphatic rings. The summed E-state index contributed by atoms with van der Waals surface area (Å²) in [4.78, 5) is 4.30. The zero-order valence-electron chi connectivity index (χ0n) is 9.92. The van der Waals surface area contributed by atoms with Crippen molar-refractivity contribution < 1.29 is 4.42 Å². The van der Waals surface area contributed by atoms with Gasteiger partial charge in [0.15, 0.2) is 11.4 Å². The second-order valence-corrected chi connectivity index (χ2v) is 3.93. The molecular formula is C12H13N5O. The van der Waals surface area contributed by atoms with E-state index >= 15 is 0 Å². The molecule has 2 heterocycles. The molecule has 0 saturated heterocycles. The summed E-state index contributed by atoms with van der Waals surface area (Å²) < 4.78 is 7.37. The van der Waals surface area contributed by atoms with E-state index in [1.165, 1.54) is 0 Å². The van der Waals surface area contributed by atoms with Crippen LogP contribution >= 0.6 is 0 Å². The molecular weight excluding hydrogens is 230 g/mol. The van der Waals surface area contributed by atoms with Crippen LogP contribution in [0.1, 0.15) is 6.92 Å². The third-order valence-corrected chi connectivity index (χ3v) is 2.61. The van der Waals surface area contributed by atoms with Crippen LogP contribution < -0.4 is 11.1 Å². The molecule has 6 heteroatoms. The van der Waals surface area contributed by atoms with Crippen molar-refractivity contribution in [1.82, 2.24) is 14.8 Å². The van der Waals surface area contributed by atoms with Gasteiger partial charge in [-0.15, -0.1) is 0 Å². The maximum absolute atomic E-state index is 5.69. The van der Waals surface area contributed by atoms with Crippen molar-refractivity contribution in [1.29, 1.82) is 0 Å². The minimum Gasteiger partial charge on any atom is -0.423 e. The number of hydrogen-bond donors (Lipinski definition) is 2. The van der Waals surface area contributed by atoms with Gasteiger partial charge in [0.25, 0.3) is 0 Å². The summed E-state index contributed by atoms with van der Waals surface area (Å²) in [6, 6.07) is 7.63. The lowest BCUT2D eigenvalue weighted by Gasteiger charge is -1.95. The van der Waals surface area contributed by atoms with Crippen LogP contribution in [0.3, 0.4) is 0 Å². The largest absolute Gasteiger partial charge is 0.423 e. The number of aryl methyl sites for hydroxylation is 1. The Morgan fingerprint density at radius 3 is 3.06 bits per heavy atom. The molecule has 0 amide bonds. The molecule has 0 spiro atoms. The lowest BCUT2D eigenvalue weighted by atomic mass is 10.3. The fourth-order valence-electron chi connectivity index (χ4n) is 1.71. The van der Waals surface area contributed by atoms with Crippen molar-refractivity contribution in [3.63, 3.8) is 0 Å². The fourth-order valence-corrected chi connectivity index (χ4v) is 1.71. The van der Waals surface area contributed by atoms with Gasteiger partial charge < -0.3 is 10.2 Å². The summed E-state index contributed by atoms with van der Waals surface area (Å²) in [5.41, 5.74) is 7.78. The van der Waals surface area contributed by atoms with E-state index in [2.05, 4.69) is 15.4 Å². The number of aromatic nitrogens is 3. The van der Waals surface area contributed by atoms with Crippen LogP contribution in [0.5, 0.6) is 0 Å². The Morgan fingerprint density at radius 1 is 1.39 bits per heavy atom. The number of fused-ring (bicyclic) bond motifs is 1. The van der Waals surface area contributed by atoms with Gasteiger partial charge in [-0.3, -0.25) is 10.00 Å². The van der Waals surface area contributed by atoms with E-state index in [1.54, 1.807) is 18.2 Å². The number of nitrogen functional groups attached to an aromatic ring is 1. The lowest BCUT2D eigenvalue weighted by Crippen LogP contribution is -1.96. The summed E-state index contributed by atoms with van der Waals surface area (Å²) in [5.74, 6) is 0.705. The first-order valence-corrected chi connectivity index (χ1v) is 5.71. The first-order valence-electron chi connectivity index (χ1n) is 5.71. The van der Waals surface area contributed by atoms with Crippen LogP contribution in [0.2, 0.25) is 0 Å². The van der Waals surface area contributed by atoms with Crippen molar-refractivity contribution in [3.8, 4) is 0 Å². The number of nitrogens with zero attached hydrogens (tertiary/aromatic N) is 3. The van der Waals surface area contributed by atoms with Gasteiger partial charge in [-0.2, -0.15) is 10.1 Å². The van der Waals surface area contributed by atoms with Crippen LogP contribution in [0.15, 0.2) is 34.9 Å². The van der Waals surface area contributed by atoms with Crippen LogP contribution in [-0.2, 0) is 6.54 Å². The first kappa shape index (κ1) is 10.6. The first-order chi connectivity index (χ1) is 8.74. The van der Waals surface area contributed by atoms with Gasteiger partial charge in [0, 0.05) is 24.5 Å². The average Bonchev–Trinajstić information content (AvgIpc) is 2.95. The molecule has 0 aliphatic carbocycles. The minimum atomic E-state index is 0.414. The zero-order valence-corrected chi connectivity index (χ0v) is 9.92. The van der Waals surface area contributed by atoms with Crippen molar-refractivity contribution in [2.45, 2.75) is 13.5 Å². The summed E-state index contributed by atoms with van der Waals surface area (Å²) >= 11 is 0. The number of nitrogens with one attached hydrogen (secondary N) is 1. The van der Waals surface area contributed by atoms with Crippen LogP contribution in [0.25, 0.3) is 11.1 Å². The van der Waals surface area contributed by atoms with Gasteiger partial charge >= 0.3 is 6.01 Å². The van der Waals surface area contributed by atoms with Crippen molar-refractivity contribution in [3.05, 3.63) is 30.5 Å². The normalized spacial score (nSPS) is 10.9. The number of anilines is 3. The predicted molar refractivity (Wildman–Crippen MR) is 69.6 cm³/mol. The van der Waals surface area contributed by atoms with E-state index in [0.717, 1.165) is 12.1 Å². The number of oxazole rings is 1. The van der Waals surface area contributed by atoms with Gasteiger partial charge in [-0.1, -0.05) is 0 Å². The van der Waals surface area contributed by atoms with E-state index in [1.807, 2.05) is 23.9 Å². The summed E-state index contributed by atoms with van der Waals surface area (Å²) in [7, 11) is 0. The maximum atomic E-state index is 5.69. The number of rotatable bonds is 3. The SMILES string of the molecule is CCn1ccc(Nc2nc3cc(N)ccc3o2)n1. The van der Waals surface area contributed by atoms with E-state index < -0.39 is 0 Å². The quantitative estimate of drug-likeness (QED) is 0.690. The van der Waals surface area contributed by atoms with Gasteiger partial charge in [0.05, 0.1) is 0 Å². The molecule has 0 fully saturated rings. The highest BCUT2D eigenvalue weighted by Crippen LogP contribution is 2.22. The summed E-state index contributed by atoms with van der Waals surface area (Å²) in [6.07, 6.45) is 1.89. The highest BCUT2D eigenvalue weighted by molar-refractivity contribution is 5.78. The second kappa shape index (κ2) is 4.06. The molecule has 2 aromatic heterocycles. The van der Waals surface area contributed by atoms with Gasteiger partial charge in [-0.05, 0) is 25.1 Å². The minimum absolute atomic E-state index is 0.414. The molecule has 0 aliphatic heterocycles. The third kappa shape index (κ3) is 1.88. The van der Waals surface area contributed by atoms with E-state index in [0.29, 0.717) is 23.1 Å². The number of nitrogens with two attached hydrogens (primary N) is 1. The molecule has 0 atom stereocenters. The standard InChI is InChI=1S/C12H13N5O/c1-2-17-6-5-11(16-17)15-12-14-9-7-8(13)3-4-10(9)18-12/h3-7H,2,13H2,1H3,(H,14,15,16). The molecule has 92 valence electrons. The molecule has 3 aromatic rings. The Bertz CT molecular complexity index is 685. The highest BCUT2D eigenvalue weighted by atomic mass is 16.4. The molecule has 1 aromatic carbocycles. The highest BCUT2D eigenvalue weighted by Gasteiger charge is 2.07. The van der Waals surface area contributed by atoms with Crippen LogP contribution in [0, 0.1) is 0 Å². The second-order valence-electron chi connectivity index (χ2n) is 3.93. The average molecular weight is 243 g/mol. The number of hydrogen-bond acceptors (Lipinski definition) is 5. The van der Waals surface area contributed by atoms with Gasteiger partial charge in [0.1, 0.15) is 5.52 Å². The van der Waals surface area contributed by atoms with Crippen molar-refractivity contribution in [2.75, 3.05) is 11.1 Å². The fraction of sp³-hybridized carbons (Fsp3) is 0.167. The topological polar surface area (TPSA) is 81.9 Å². The van der Waals surface area contributed by atoms with E-state index in [4.69, 9.17) is 10.2 Å². The van der Waals surface area contributed by atoms with E-state index in [9.17, 15) is 0 Å². The molecule has 0 saturated carbocycles. The summed E-state index contributed by atoms with van der Waals surface area (Å²) in [5, 5.41) is 7.31. The Hall–Kier alpha value is -2.50. The van der Waals surface area contributed by atoms with E-state index in [-0.39, 0.29) is 0 Å². The molecule has 3 N–H and O–H groups in total. The van der Waals surface area contributed by atoms with Crippen LogP contribution in [0.4, 0.5) is 17.5 Å². The molecule has 0 radical (unpaired) electrons. The molecule has 6 nitrogen and oxygen atoms in total. The monoisotopic (exact) mass is 243 g/mol. The van der Waals surface area contributed by atoms with Crippen LogP contribution in [-0.4, -0.2) is 14.8 Å². The summed E-state index contributed by atoms with van der Waals surface area (Å²) in [6.45, 7) is 2.85. The van der Waals surface area contributed by atoms with Crippen molar-refractivity contribution in [2.24, 2.45) is 0 Å². The Balaban J connectivity index is 1.90. The molecule has 18 heavy (non-hydrogen) atoms. The van der Waals surface area contributed by atoms with Gasteiger partial charge in [0.2, 0.25) is 0 Å². The van der Waals surface area contributed by atoms with Gasteiger partial charge in [-0.25, -0.2) is 0 Å². The molecule has 0 bridgehead atoms. The maximum Gasteiger partial charge on any atom is 0.301 e. The molecule has 3 rings (SSSR count).